The number of hydrogen-bond donors (Lipinski definition) is 1. The van der Waals surface area contributed by atoms with Crippen molar-refractivity contribution in [2.45, 2.75) is 0 Å². The molecule has 2 heterocycles. The summed E-state index contributed by atoms with van der Waals surface area (Å²) in [4.78, 5) is 4.29. The second-order valence-corrected chi connectivity index (χ2v) is 6.87. The Morgan fingerprint density at radius 1 is 0.871 bits per heavy atom. The fourth-order valence-electron chi connectivity index (χ4n) is 3.46. The molecular formula is C24H24N4O3. The average molecular weight is 416 g/mol. The topological polar surface area (TPSA) is 69.9 Å². The predicted octanol–water partition coefficient (Wildman–Crippen LogP) is 4.19. The van der Waals surface area contributed by atoms with Gasteiger partial charge in [-0.3, -0.25) is 5.43 Å². The minimum absolute atomic E-state index is 0.659. The zero-order valence-electron chi connectivity index (χ0n) is 17.9. The Hall–Kier alpha value is -4.00. The van der Waals surface area contributed by atoms with Gasteiger partial charge in [0.15, 0.2) is 5.49 Å². The highest BCUT2D eigenvalue weighted by Gasteiger charge is 2.13. The first-order valence-electron chi connectivity index (χ1n) is 9.75. The number of nitrogens with zero attached hydrogens (tertiary/aromatic N) is 3. The number of rotatable bonds is 6. The number of aromatic nitrogens is 2. The number of pyridine rings is 2. The number of anilines is 1. The van der Waals surface area contributed by atoms with E-state index in [2.05, 4.69) is 16.5 Å². The maximum absolute atomic E-state index is 5.65. The van der Waals surface area contributed by atoms with Crippen LogP contribution in [0.5, 0.6) is 17.2 Å². The monoisotopic (exact) mass is 416 g/mol. The molecule has 1 N–H and O–H groups in total. The Bertz CT molecular complexity index is 1270. The Balaban J connectivity index is 1.99. The third-order valence-corrected chi connectivity index (χ3v) is 5.10. The third kappa shape index (κ3) is 4.02. The van der Waals surface area contributed by atoms with Gasteiger partial charge in [0.1, 0.15) is 23.1 Å². The summed E-state index contributed by atoms with van der Waals surface area (Å²) < 4.78 is 18.4. The number of hydrogen-bond acceptors (Lipinski definition) is 6. The molecule has 0 aliphatic heterocycles. The van der Waals surface area contributed by atoms with Gasteiger partial charge < -0.3 is 18.8 Å². The summed E-state index contributed by atoms with van der Waals surface area (Å²) in [5.41, 5.74) is 6.66. The van der Waals surface area contributed by atoms with E-state index in [0.29, 0.717) is 11.6 Å². The van der Waals surface area contributed by atoms with Crippen LogP contribution >= 0.6 is 0 Å². The van der Waals surface area contributed by atoms with Crippen molar-refractivity contribution in [2.24, 2.45) is 12.1 Å². The Morgan fingerprint density at radius 2 is 1.65 bits per heavy atom. The van der Waals surface area contributed by atoms with Crippen molar-refractivity contribution in [1.29, 1.82) is 0 Å². The normalized spacial score (nSPS) is 11.4. The number of benzene rings is 2. The molecule has 0 radical (unpaired) electrons. The zero-order chi connectivity index (χ0) is 21.8. The van der Waals surface area contributed by atoms with E-state index in [9.17, 15) is 0 Å². The molecule has 0 saturated carbocycles. The van der Waals surface area contributed by atoms with E-state index in [1.807, 2.05) is 66.2 Å². The van der Waals surface area contributed by atoms with E-state index in [4.69, 9.17) is 19.3 Å². The van der Waals surface area contributed by atoms with Crippen molar-refractivity contribution < 1.29 is 14.2 Å². The standard InChI is InChI=1S/C24H24N4O3/c1-28-21-13-18(30-3)14-22(31-4)20(21)15-19(16-8-10-17(29-2)11-9-16)24(28)27-26-23-7-5-6-12-25-23/h5-15H,1-4H3,(H,25,26). The molecule has 0 spiro atoms. The summed E-state index contributed by atoms with van der Waals surface area (Å²) in [5.74, 6) is 2.89. The fourth-order valence-corrected chi connectivity index (χ4v) is 3.46. The summed E-state index contributed by atoms with van der Waals surface area (Å²) in [6.45, 7) is 0. The second-order valence-electron chi connectivity index (χ2n) is 6.87. The minimum Gasteiger partial charge on any atom is -0.497 e. The molecule has 0 fully saturated rings. The second kappa shape index (κ2) is 8.79. The molecule has 0 bridgehead atoms. The van der Waals surface area contributed by atoms with Crippen molar-refractivity contribution in [3.8, 4) is 28.4 Å². The molecule has 7 heteroatoms. The van der Waals surface area contributed by atoms with E-state index in [0.717, 1.165) is 39.0 Å². The van der Waals surface area contributed by atoms with Crippen molar-refractivity contribution in [3.63, 3.8) is 0 Å². The number of nitrogens with one attached hydrogen (secondary N) is 1. The highest BCUT2D eigenvalue weighted by Crippen LogP contribution is 2.33. The SMILES string of the molecule is COc1ccc(-c2cc3c(OC)cc(OC)cc3n(C)c2=NNc2ccccn2)cc1. The molecule has 31 heavy (non-hydrogen) atoms. The van der Waals surface area contributed by atoms with Gasteiger partial charge in [0, 0.05) is 36.3 Å². The molecule has 0 unspecified atom stereocenters. The molecule has 2 aromatic heterocycles. The lowest BCUT2D eigenvalue weighted by Crippen LogP contribution is -2.23. The number of ether oxygens (including phenoxy) is 3. The number of fused-ring (bicyclic) bond motifs is 1. The molecule has 2 aromatic carbocycles. The van der Waals surface area contributed by atoms with Crippen LogP contribution < -0.4 is 25.1 Å². The molecule has 0 aliphatic carbocycles. The molecule has 0 amide bonds. The summed E-state index contributed by atoms with van der Waals surface area (Å²) in [7, 11) is 6.91. The van der Waals surface area contributed by atoms with Crippen LogP contribution in [-0.4, -0.2) is 30.9 Å². The molecule has 158 valence electrons. The van der Waals surface area contributed by atoms with Gasteiger partial charge in [0.2, 0.25) is 0 Å². The molecule has 4 rings (SSSR count). The van der Waals surface area contributed by atoms with Crippen molar-refractivity contribution >= 4 is 16.7 Å². The van der Waals surface area contributed by atoms with Crippen molar-refractivity contribution in [2.75, 3.05) is 26.8 Å². The van der Waals surface area contributed by atoms with Gasteiger partial charge in [0.05, 0.1) is 26.8 Å². The fraction of sp³-hybridized carbons (Fsp3) is 0.167. The smallest absolute Gasteiger partial charge is 0.161 e. The van der Waals surface area contributed by atoms with Crippen molar-refractivity contribution in [1.82, 2.24) is 9.55 Å². The summed E-state index contributed by atoms with van der Waals surface area (Å²) in [5, 5.41) is 5.65. The largest absolute Gasteiger partial charge is 0.497 e. The van der Waals surface area contributed by atoms with Crippen LogP contribution in [0.2, 0.25) is 0 Å². The van der Waals surface area contributed by atoms with Gasteiger partial charge in [-0.2, -0.15) is 5.10 Å². The molecular weight excluding hydrogens is 392 g/mol. The first-order valence-corrected chi connectivity index (χ1v) is 9.75. The van der Waals surface area contributed by atoms with E-state index in [1.165, 1.54) is 0 Å². The number of aryl methyl sites for hydroxylation is 1. The van der Waals surface area contributed by atoms with Gasteiger partial charge in [-0.15, -0.1) is 0 Å². The van der Waals surface area contributed by atoms with Gasteiger partial charge in [0.25, 0.3) is 0 Å². The predicted molar refractivity (Wildman–Crippen MR) is 121 cm³/mol. The van der Waals surface area contributed by atoms with E-state index in [1.54, 1.807) is 27.5 Å². The van der Waals surface area contributed by atoms with Gasteiger partial charge >= 0.3 is 0 Å². The molecule has 0 saturated heterocycles. The van der Waals surface area contributed by atoms with E-state index >= 15 is 0 Å². The van der Waals surface area contributed by atoms with Crippen LogP contribution in [0.3, 0.4) is 0 Å². The van der Waals surface area contributed by atoms with Crippen LogP contribution in [0.15, 0.2) is 72.0 Å². The van der Waals surface area contributed by atoms with Crippen molar-refractivity contribution in [3.05, 3.63) is 72.3 Å². The lowest BCUT2D eigenvalue weighted by molar-refractivity contribution is 0.397. The Kier molecular flexibility index (Phi) is 5.75. The maximum Gasteiger partial charge on any atom is 0.161 e. The van der Waals surface area contributed by atoms with Crippen LogP contribution in [-0.2, 0) is 7.05 Å². The van der Waals surface area contributed by atoms with E-state index in [-0.39, 0.29) is 0 Å². The van der Waals surface area contributed by atoms with Crippen LogP contribution in [0.1, 0.15) is 0 Å². The summed E-state index contributed by atoms with van der Waals surface area (Å²) >= 11 is 0. The molecule has 0 aliphatic rings. The first kappa shape index (κ1) is 20.3. The lowest BCUT2D eigenvalue weighted by Gasteiger charge is -2.16. The highest BCUT2D eigenvalue weighted by atomic mass is 16.5. The Morgan fingerprint density at radius 3 is 2.29 bits per heavy atom. The molecule has 0 atom stereocenters. The van der Waals surface area contributed by atoms with Gasteiger partial charge in [-0.1, -0.05) is 18.2 Å². The summed E-state index contributed by atoms with van der Waals surface area (Å²) in [6, 6.07) is 19.4. The van der Waals surface area contributed by atoms with Crippen LogP contribution in [0.25, 0.3) is 22.0 Å². The third-order valence-electron chi connectivity index (χ3n) is 5.10. The van der Waals surface area contributed by atoms with E-state index < -0.39 is 0 Å². The minimum atomic E-state index is 0.659. The highest BCUT2D eigenvalue weighted by molar-refractivity contribution is 5.90. The zero-order valence-corrected chi connectivity index (χ0v) is 17.9. The summed E-state index contributed by atoms with van der Waals surface area (Å²) in [6.07, 6.45) is 1.72. The van der Waals surface area contributed by atoms with Crippen LogP contribution in [0, 0.1) is 0 Å². The lowest BCUT2D eigenvalue weighted by atomic mass is 10.0. The Labute approximate surface area is 180 Å². The first-order chi connectivity index (χ1) is 15.1. The van der Waals surface area contributed by atoms with Gasteiger partial charge in [-0.05, 0) is 35.9 Å². The van der Waals surface area contributed by atoms with Crippen LogP contribution in [0.4, 0.5) is 5.82 Å². The molecule has 4 aromatic rings. The average Bonchev–Trinajstić information content (AvgIpc) is 2.83. The quantitative estimate of drug-likeness (QED) is 0.477. The van der Waals surface area contributed by atoms with Gasteiger partial charge in [-0.25, -0.2) is 4.98 Å². The number of methoxy groups -OCH3 is 3. The molecule has 7 nitrogen and oxygen atoms in total. The maximum atomic E-state index is 5.65.